The summed E-state index contributed by atoms with van der Waals surface area (Å²) in [7, 11) is 0. The molecule has 0 saturated carbocycles. The molecule has 0 N–H and O–H groups in total. The standard InChI is InChI=1S/C48H30N4O/c1-4-13-31(14-5-1)35-20-10-22-37(29-35)46-50-45(33-15-6-2-7-16-33)51-47(52-46)38-25-27-39-36(30-38)21-12-23-40(39)41-24-11-19-32-26-28-42-44(43(32)41)53-48(49-42)34-17-8-3-9-18-34/h1-30H. The molecule has 10 rings (SSSR count). The molecule has 0 radical (unpaired) electrons. The normalized spacial score (nSPS) is 11.4. The highest BCUT2D eigenvalue weighted by Gasteiger charge is 2.18. The van der Waals surface area contributed by atoms with Crippen LogP contribution in [0.3, 0.4) is 0 Å². The smallest absolute Gasteiger partial charge is 0.227 e. The Hall–Kier alpha value is -7.24. The van der Waals surface area contributed by atoms with Crippen LogP contribution in [0.25, 0.3) is 101 Å². The lowest BCUT2D eigenvalue weighted by Crippen LogP contribution is -2.00. The Morgan fingerprint density at radius 1 is 0.340 bits per heavy atom. The van der Waals surface area contributed by atoms with Gasteiger partial charge in [0.15, 0.2) is 23.1 Å². The number of hydrogen-bond acceptors (Lipinski definition) is 5. The monoisotopic (exact) mass is 678 g/mol. The molecule has 10 aromatic rings. The molecular weight excluding hydrogens is 649 g/mol. The first kappa shape index (κ1) is 30.6. The van der Waals surface area contributed by atoms with Crippen molar-refractivity contribution in [2.45, 2.75) is 0 Å². The van der Waals surface area contributed by atoms with Gasteiger partial charge < -0.3 is 4.42 Å². The van der Waals surface area contributed by atoms with Crippen molar-refractivity contribution in [2.24, 2.45) is 0 Å². The van der Waals surface area contributed by atoms with Crippen LogP contribution in [0.5, 0.6) is 0 Å². The van der Waals surface area contributed by atoms with Crippen molar-refractivity contribution < 1.29 is 4.42 Å². The maximum Gasteiger partial charge on any atom is 0.227 e. The maximum atomic E-state index is 6.51. The zero-order chi connectivity index (χ0) is 35.1. The van der Waals surface area contributed by atoms with Crippen molar-refractivity contribution in [3.05, 3.63) is 182 Å². The van der Waals surface area contributed by atoms with Gasteiger partial charge in [0.2, 0.25) is 5.89 Å². The van der Waals surface area contributed by atoms with E-state index >= 15 is 0 Å². The minimum atomic E-state index is 0.615. The third-order valence-electron chi connectivity index (χ3n) is 9.74. The summed E-state index contributed by atoms with van der Waals surface area (Å²) in [5, 5.41) is 4.35. The van der Waals surface area contributed by atoms with Crippen LogP contribution in [0.4, 0.5) is 0 Å². The van der Waals surface area contributed by atoms with Crippen molar-refractivity contribution in [3.63, 3.8) is 0 Å². The Bertz CT molecular complexity index is 2940. The van der Waals surface area contributed by atoms with Crippen LogP contribution in [0, 0.1) is 0 Å². The minimum Gasteiger partial charge on any atom is -0.435 e. The van der Waals surface area contributed by atoms with Crippen LogP contribution in [-0.2, 0) is 0 Å². The van der Waals surface area contributed by atoms with Gasteiger partial charge in [0.25, 0.3) is 0 Å². The van der Waals surface area contributed by atoms with E-state index in [-0.39, 0.29) is 0 Å². The summed E-state index contributed by atoms with van der Waals surface area (Å²) in [5.41, 5.74) is 9.81. The number of aromatic nitrogens is 4. The quantitative estimate of drug-likeness (QED) is 0.175. The van der Waals surface area contributed by atoms with Gasteiger partial charge in [0, 0.05) is 27.6 Å². The number of benzene rings is 8. The molecule has 0 amide bonds. The van der Waals surface area contributed by atoms with Gasteiger partial charge >= 0.3 is 0 Å². The Kier molecular flexibility index (Phi) is 7.40. The van der Waals surface area contributed by atoms with Crippen LogP contribution >= 0.6 is 0 Å². The second-order valence-electron chi connectivity index (χ2n) is 13.1. The molecule has 2 aromatic heterocycles. The summed E-state index contributed by atoms with van der Waals surface area (Å²) in [4.78, 5) is 20.0. The molecule has 0 bridgehead atoms. The minimum absolute atomic E-state index is 0.615. The molecule has 5 heteroatoms. The zero-order valence-electron chi connectivity index (χ0n) is 28.5. The molecule has 248 valence electrons. The predicted octanol–water partition coefficient (Wildman–Crippen LogP) is 12.3. The molecule has 0 aliphatic carbocycles. The first-order chi connectivity index (χ1) is 26.2. The van der Waals surface area contributed by atoms with Gasteiger partial charge in [-0.1, -0.05) is 152 Å². The van der Waals surface area contributed by atoms with E-state index in [1.165, 1.54) is 0 Å². The second kappa shape index (κ2) is 12.8. The van der Waals surface area contributed by atoms with Gasteiger partial charge in [-0.05, 0) is 68.7 Å². The predicted molar refractivity (Wildman–Crippen MR) is 215 cm³/mol. The number of fused-ring (bicyclic) bond motifs is 4. The first-order valence-corrected chi connectivity index (χ1v) is 17.6. The molecule has 53 heavy (non-hydrogen) atoms. The molecule has 0 aliphatic rings. The number of oxazole rings is 1. The lowest BCUT2D eigenvalue weighted by Gasteiger charge is -2.12. The van der Waals surface area contributed by atoms with Crippen LogP contribution in [0.1, 0.15) is 0 Å². The molecule has 2 heterocycles. The molecule has 0 atom stereocenters. The van der Waals surface area contributed by atoms with Gasteiger partial charge in [-0.15, -0.1) is 0 Å². The van der Waals surface area contributed by atoms with E-state index in [1.54, 1.807) is 0 Å². The highest BCUT2D eigenvalue weighted by atomic mass is 16.3. The lowest BCUT2D eigenvalue weighted by atomic mass is 9.93. The summed E-state index contributed by atoms with van der Waals surface area (Å²) in [6, 6.07) is 62.4. The second-order valence-corrected chi connectivity index (χ2v) is 13.1. The van der Waals surface area contributed by atoms with Crippen molar-refractivity contribution in [3.8, 4) is 67.9 Å². The molecule has 8 aromatic carbocycles. The van der Waals surface area contributed by atoms with Gasteiger partial charge in [0.1, 0.15) is 5.52 Å². The number of nitrogens with zero attached hydrogens (tertiary/aromatic N) is 4. The highest BCUT2D eigenvalue weighted by molar-refractivity contribution is 6.14. The lowest BCUT2D eigenvalue weighted by molar-refractivity contribution is 0.623. The number of rotatable bonds is 6. The van der Waals surface area contributed by atoms with E-state index in [1.807, 2.05) is 72.8 Å². The molecule has 0 saturated heterocycles. The van der Waals surface area contributed by atoms with E-state index in [0.29, 0.717) is 23.4 Å². The third-order valence-corrected chi connectivity index (χ3v) is 9.74. The average Bonchev–Trinajstić information content (AvgIpc) is 3.69. The fourth-order valence-corrected chi connectivity index (χ4v) is 7.16. The first-order valence-electron chi connectivity index (χ1n) is 17.6. The van der Waals surface area contributed by atoms with E-state index in [0.717, 1.165) is 77.2 Å². The summed E-state index contributed by atoms with van der Waals surface area (Å²) >= 11 is 0. The van der Waals surface area contributed by atoms with Gasteiger partial charge in [-0.25, -0.2) is 19.9 Å². The Morgan fingerprint density at radius 3 is 1.64 bits per heavy atom. The van der Waals surface area contributed by atoms with Gasteiger partial charge in [0.05, 0.1) is 0 Å². The summed E-state index contributed by atoms with van der Waals surface area (Å²) in [5.74, 6) is 2.49. The van der Waals surface area contributed by atoms with Crippen molar-refractivity contribution in [1.82, 2.24) is 19.9 Å². The van der Waals surface area contributed by atoms with E-state index in [4.69, 9.17) is 24.4 Å². The van der Waals surface area contributed by atoms with Crippen molar-refractivity contribution in [2.75, 3.05) is 0 Å². The SMILES string of the molecule is c1ccc(-c2cccc(-c3nc(-c4ccccc4)nc(-c4ccc5c(-c6cccc7ccc8nc(-c9ccccc9)oc8c67)cccc5c4)n3)c2)cc1. The molecule has 5 nitrogen and oxygen atoms in total. The molecule has 0 spiro atoms. The van der Waals surface area contributed by atoms with E-state index in [9.17, 15) is 0 Å². The highest BCUT2D eigenvalue weighted by Crippen LogP contribution is 2.40. The van der Waals surface area contributed by atoms with Crippen LogP contribution in [-0.4, -0.2) is 19.9 Å². The third kappa shape index (κ3) is 5.61. The Balaban J connectivity index is 1.11. The maximum absolute atomic E-state index is 6.51. The van der Waals surface area contributed by atoms with Gasteiger partial charge in [-0.3, -0.25) is 0 Å². The summed E-state index contributed by atoms with van der Waals surface area (Å²) in [6.07, 6.45) is 0. The zero-order valence-corrected chi connectivity index (χ0v) is 28.5. The number of hydrogen-bond donors (Lipinski definition) is 0. The largest absolute Gasteiger partial charge is 0.435 e. The molecule has 0 unspecified atom stereocenters. The summed E-state index contributed by atoms with van der Waals surface area (Å²) in [6.45, 7) is 0. The molecular formula is C48H30N4O. The topological polar surface area (TPSA) is 64.7 Å². The van der Waals surface area contributed by atoms with E-state index < -0.39 is 0 Å². The van der Waals surface area contributed by atoms with E-state index in [2.05, 4.69) is 109 Å². The molecule has 0 fully saturated rings. The van der Waals surface area contributed by atoms with Crippen LogP contribution in [0.2, 0.25) is 0 Å². The average molecular weight is 679 g/mol. The van der Waals surface area contributed by atoms with Crippen LogP contribution in [0.15, 0.2) is 186 Å². The van der Waals surface area contributed by atoms with Crippen LogP contribution < -0.4 is 0 Å². The fourth-order valence-electron chi connectivity index (χ4n) is 7.16. The van der Waals surface area contributed by atoms with Crippen molar-refractivity contribution in [1.29, 1.82) is 0 Å². The molecule has 0 aliphatic heterocycles. The van der Waals surface area contributed by atoms with Gasteiger partial charge in [-0.2, -0.15) is 0 Å². The fraction of sp³-hybridized carbons (Fsp3) is 0. The van der Waals surface area contributed by atoms with Crippen molar-refractivity contribution >= 4 is 32.6 Å². The Morgan fingerprint density at radius 2 is 0.906 bits per heavy atom. The summed E-state index contributed by atoms with van der Waals surface area (Å²) < 4.78 is 6.51. The Labute approximate surface area is 305 Å².